The molecule has 2 aromatic rings. The molecule has 0 N–H and O–H groups in total. The van der Waals surface area contributed by atoms with Crippen LogP contribution in [0.2, 0.25) is 0 Å². The highest BCUT2D eigenvalue weighted by molar-refractivity contribution is 5.30. The van der Waals surface area contributed by atoms with Gasteiger partial charge in [-0.1, -0.05) is 61.7 Å². The molecule has 20 heavy (non-hydrogen) atoms. The van der Waals surface area contributed by atoms with Gasteiger partial charge in [-0.3, -0.25) is 0 Å². The molecule has 1 nitrogen and oxygen atoms in total. The van der Waals surface area contributed by atoms with Crippen LogP contribution in [0, 0.1) is 0 Å². The number of benzene rings is 2. The Hall–Kier alpha value is -1.76. The lowest BCUT2D eigenvalue weighted by Gasteiger charge is -2.22. The maximum Gasteiger partial charge on any atom is 0.119 e. The molecule has 2 aromatic carbocycles. The van der Waals surface area contributed by atoms with Crippen molar-refractivity contribution in [3.8, 4) is 5.75 Å². The van der Waals surface area contributed by atoms with Crippen LogP contribution < -0.4 is 4.74 Å². The van der Waals surface area contributed by atoms with Gasteiger partial charge in [0.05, 0.1) is 0 Å². The van der Waals surface area contributed by atoms with Gasteiger partial charge in [0.2, 0.25) is 0 Å². The third-order valence-corrected chi connectivity index (χ3v) is 4.21. The molecule has 1 saturated carbocycles. The zero-order valence-electron chi connectivity index (χ0n) is 11.9. The van der Waals surface area contributed by atoms with E-state index in [0.29, 0.717) is 6.61 Å². The van der Waals surface area contributed by atoms with Gasteiger partial charge in [0, 0.05) is 0 Å². The molecular formula is C19H22O. The van der Waals surface area contributed by atoms with E-state index in [1.165, 1.54) is 43.2 Å². The van der Waals surface area contributed by atoms with Crippen LogP contribution in [0.3, 0.4) is 0 Å². The second-order valence-corrected chi connectivity index (χ2v) is 5.68. The van der Waals surface area contributed by atoms with E-state index in [1.807, 2.05) is 18.2 Å². The average Bonchev–Trinajstić information content (AvgIpc) is 2.55. The van der Waals surface area contributed by atoms with E-state index < -0.39 is 0 Å². The van der Waals surface area contributed by atoms with Gasteiger partial charge in [0.1, 0.15) is 12.4 Å². The Kier molecular flexibility index (Phi) is 4.37. The summed E-state index contributed by atoms with van der Waals surface area (Å²) in [5, 5.41) is 0. The predicted molar refractivity (Wildman–Crippen MR) is 83.0 cm³/mol. The van der Waals surface area contributed by atoms with Gasteiger partial charge in [-0.05, 0) is 42.0 Å². The molecule has 3 rings (SSSR count). The molecule has 0 aliphatic heterocycles. The molecule has 104 valence electrons. The first-order valence-electron chi connectivity index (χ1n) is 7.68. The Bertz CT molecular complexity index is 509. The lowest BCUT2D eigenvalue weighted by Crippen LogP contribution is -2.04. The maximum atomic E-state index is 5.83. The SMILES string of the molecule is c1ccc(COc2ccc(C3CCCCC3)cc2)cc1. The van der Waals surface area contributed by atoms with Gasteiger partial charge in [-0.15, -0.1) is 0 Å². The van der Waals surface area contributed by atoms with Gasteiger partial charge < -0.3 is 4.74 Å². The summed E-state index contributed by atoms with van der Waals surface area (Å²) < 4.78 is 5.83. The number of hydrogen-bond donors (Lipinski definition) is 0. The zero-order chi connectivity index (χ0) is 13.6. The Labute approximate surface area is 121 Å². The largest absolute Gasteiger partial charge is 0.489 e. The van der Waals surface area contributed by atoms with E-state index in [4.69, 9.17) is 4.74 Å². The third-order valence-electron chi connectivity index (χ3n) is 4.21. The van der Waals surface area contributed by atoms with Crippen LogP contribution in [-0.4, -0.2) is 0 Å². The third kappa shape index (κ3) is 3.41. The highest BCUT2D eigenvalue weighted by Gasteiger charge is 2.15. The van der Waals surface area contributed by atoms with Gasteiger partial charge in [-0.25, -0.2) is 0 Å². The van der Waals surface area contributed by atoms with Crippen molar-refractivity contribution >= 4 is 0 Å². The van der Waals surface area contributed by atoms with Gasteiger partial charge >= 0.3 is 0 Å². The quantitative estimate of drug-likeness (QED) is 0.728. The van der Waals surface area contributed by atoms with Crippen molar-refractivity contribution in [3.63, 3.8) is 0 Å². The summed E-state index contributed by atoms with van der Waals surface area (Å²) in [4.78, 5) is 0. The molecular weight excluding hydrogens is 244 g/mol. The van der Waals surface area contributed by atoms with E-state index >= 15 is 0 Å². The van der Waals surface area contributed by atoms with Crippen molar-refractivity contribution in [1.82, 2.24) is 0 Å². The lowest BCUT2D eigenvalue weighted by molar-refractivity contribution is 0.306. The molecule has 0 bridgehead atoms. The minimum atomic E-state index is 0.642. The van der Waals surface area contributed by atoms with Crippen LogP contribution in [-0.2, 0) is 6.61 Å². The normalized spacial score (nSPS) is 16.0. The van der Waals surface area contributed by atoms with Crippen molar-refractivity contribution in [1.29, 1.82) is 0 Å². The second kappa shape index (κ2) is 6.60. The Balaban J connectivity index is 1.58. The molecule has 0 atom stereocenters. The van der Waals surface area contributed by atoms with Crippen LogP contribution in [0.25, 0.3) is 0 Å². The van der Waals surface area contributed by atoms with Crippen LogP contribution in [0.15, 0.2) is 54.6 Å². The average molecular weight is 266 g/mol. The number of rotatable bonds is 4. The highest BCUT2D eigenvalue weighted by atomic mass is 16.5. The Morgan fingerprint density at radius 2 is 1.50 bits per heavy atom. The zero-order valence-corrected chi connectivity index (χ0v) is 11.9. The number of hydrogen-bond acceptors (Lipinski definition) is 1. The molecule has 0 heterocycles. The van der Waals surface area contributed by atoms with E-state index in [-0.39, 0.29) is 0 Å². The van der Waals surface area contributed by atoms with Crippen LogP contribution >= 0.6 is 0 Å². The molecule has 1 aliphatic carbocycles. The molecule has 1 aliphatic rings. The Morgan fingerprint density at radius 1 is 0.800 bits per heavy atom. The lowest BCUT2D eigenvalue weighted by atomic mass is 9.84. The summed E-state index contributed by atoms with van der Waals surface area (Å²) in [5.74, 6) is 1.74. The fourth-order valence-corrected chi connectivity index (χ4v) is 3.01. The molecule has 0 saturated heterocycles. The van der Waals surface area contributed by atoms with Crippen molar-refractivity contribution in [2.75, 3.05) is 0 Å². The summed E-state index contributed by atoms with van der Waals surface area (Å²) in [6.45, 7) is 0.642. The van der Waals surface area contributed by atoms with Crippen molar-refractivity contribution in [2.24, 2.45) is 0 Å². The Morgan fingerprint density at radius 3 is 2.20 bits per heavy atom. The summed E-state index contributed by atoms with van der Waals surface area (Å²) >= 11 is 0. The van der Waals surface area contributed by atoms with Crippen molar-refractivity contribution in [2.45, 2.75) is 44.6 Å². The van der Waals surface area contributed by atoms with E-state index in [1.54, 1.807) is 0 Å². The fraction of sp³-hybridized carbons (Fsp3) is 0.368. The first kappa shape index (κ1) is 13.2. The molecule has 0 radical (unpaired) electrons. The monoisotopic (exact) mass is 266 g/mol. The molecule has 0 unspecified atom stereocenters. The molecule has 0 aromatic heterocycles. The topological polar surface area (TPSA) is 9.23 Å². The van der Waals surface area contributed by atoms with Crippen molar-refractivity contribution in [3.05, 3.63) is 65.7 Å². The molecule has 0 amide bonds. The van der Waals surface area contributed by atoms with Crippen LogP contribution in [0.5, 0.6) is 5.75 Å². The van der Waals surface area contributed by atoms with Crippen LogP contribution in [0.4, 0.5) is 0 Å². The summed E-state index contributed by atoms with van der Waals surface area (Å²) in [6, 6.07) is 19.0. The maximum absolute atomic E-state index is 5.83. The molecule has 1 fully saturated rings. The van der Waals surface area contributed by atoms with Crippen molar-refractivity contribution < 1.29 is 4.74 Å². The first-order chi connectivity index (χ1) is 9.92. The first-order valence-corrected chi connectivity index (χ1v) is 7.68. The van der Waals surface area contributed by atoms with Gasteiger partial charge in [0.15, 0.2) is 0 Å². The minimum absolute atomic E-state index is 0.642. The predicted octanol–water partition coefficient (Wildman–Crippen LogP) is 5.31. The molecule has 0 spiro atoms. The fourth-order valence-electron chi connectivity index (χ4n) is 3.01. The summed E-state index contributed by atoms with van der Waals surface area (Å²) in [5.41, 5.74) is 2.70. The standard InChI is InChI=1S/C19H22O/c1-3-7-16(8-4-1)15-20-19-13-11-18(12-14-19)17-9-5-2-6-10-17/h1,3-4,7-8,11-14,17H,2,5-6,9-10,15H2. The second-order valence-electron chi connectivity index (χ2n) is 5.68. The summed E-state index contributed by atoms with van der Waals surface area (Å²) in [6.07, 6.45) is 6.89. The summed E-state index contributed by atoms with van der Waals surface area (Å²) in [7, 11) is 0. The minimum Gasteiger partial charge on any atom is -0.489 e. The van der Waals surface area contributed by atoms with Gasteiger partial charge in [0.25, 0.3) is 0 Å². The van der Waals surface area contributed by atoms with Crippen LogP contribution in [0.1, 0.15) is 49.1 Å². The highest BCUT2D eigenvalue weighted by Crippen LogP contribution is 2.33. The number of ether oxygens (including phenoxy) is 1. The molecule has 1 heteroatoms. The van der Waals surface area contributed by atoms with Gasteiger partial charge in [-0.2, -0.15) is 0 Å². The van der Waals surface area contributed by atoms with E-state index in [2.05, 4.69) is 36.4 Å². The smallest absolute Gasteiger partial charge is 0.119 e. The van der Waals surface area contributed by atoms with E-state index in [9.17, 15) is 0 Å². The van der Waals surface area contributed by atoms with E-state index in [0.717, 1.165) is 11.7 Å².